The molecule has 0 spiro atoms. The van der Waals surface area contributed by atoms with Crippen LogP contribution in [0.2, 0.25) is 0 Å². The highest BCUT2D eigenvalue weighted by Crippen LogP contribution is 2.19. The van der Waals surface area contributed by atoms with E-state index in [0.29, 0.717) is 26.1 Å². The Bertz CT molecular complexity index is 833. The van der Waals surface area contributed by atoms with Crippen LogP contribution < -0.4 is 0 Å². The Hall–Kier alpha value is -2.72. The van der Waals surface area contributed by atoms with Crippen molar-refractivity contribution in [3.63, 3.8) is 0 Å². The molecular weight excluding hydrogens is 371 g/mol. The molecule has 2 aromatic carbocycles. The molecule has 2 aromatic rings. The SMILES string of the molecule is C#CCOCC(O)CN(Cc1ccc(F)cc1)CC1CC(c2ccccc2)=NO1. The quantitative estimate of drug-likeness (QED) is 0.496. The molecular formula is C23H25FN2O3. The van der Waals surface area contributed by atoms with Gasteiger partial charge in [0.25, 0.3) is 0 Å². The third-order valence-electron chi connectivity index (χ3n) is 4.59. The maximum absolute atomic E-state index is 13.2. The van der Waals surface area contributed by atoms with Crippen LogP contribution in [0.1, 0.15) is 17.5 Å². The van der Waals surface area contributed by atoms with Crippen molar-refractivity contribution in [1.82, 2.24) is 4.90 Å². The topological polar surface area (TPSA) is 54.3 Å². The summed E-state index contributed by atoms with van der Waals surface area (Å²) in [7, 11) is 0. The van der Waals surface area contributed by atoms with E-state index in [1.807, 2.05) is 30.3 Å². The highest BCUT2D eigenvalue weighted by atomic mass is 19.1. The molecule has 1 heterocycles. The standard InChI is InChI=1S/C23H25FN2O3/c1-2-12-28-17-21(27)15-26(14-18-8-10-20(24)11-9-18)16-22-13-23(25-29-22)19-6-4-3-5-7-19/h1,3-11,21-22,27H,12-17H2. The number of oxime groups is 1. The van der Waals surface area contributed by atoms with Crippen LogP contribution in [0.25, 0.3) is 0 Å². The van der Waals surface area contributed by atoms with Gasteiger partial charge in [-0.25, -0.2) is 4.39 Å². The largest absolute Gasteiger partial charge is 0.390 e. The average Bonchev–Trinajstić information content (AvgIpc) is 3.19. The maximum atomic E-state index is 13.2. The van der Waals surface area contributed by atoms with Gasteiger partial charge in [-0.2, -0.15) is 0 Å². The van der Waals surface area contributed by atoms with Gasteiger partial charge in [0, 0.05) is 26.1 Å². The molecule has 152 valence electrons. The van der Waals surface area contributed by atoms with Gasteiger partial charge in [-0.15, -0.1) is 6.42 Å². The lowest BCUT2D eigenvalue weighted by Gasteiger charge is -2.27. The Morgan fingerprint density at radius 1 is 1.24 bits per heavy atom. The first-order chi connectivity index (χ1) is 14.1. The number of benzene rings is 2. The molecule has 2 atom stereocenters. The number of ether oxygens (including phenoxy) is 1. The zero-order valence-electron chi connectivity index (χ0n) is 16.2. The molecule has 0 bridgehead atoms. The van der Waals surface area contributed by atoms with Crippen molar-refractivity contribution >= 4 is 5.71 Å². The van der Waals surface area contributed by atoms with Crippen LogP contribution in [-0.2, 0) is 16.1 Å². The normalized spacial score (nSPS) is 16.9. The minimum Gasteiger partial charge on any atom is -0.390 e. The number of aliphatic hydroxyl groups is 1. The van der Waals surface area contributed by atoms with Crippen LogP contribution in [0, 0.1) is 18.2 Å². The van der Waals surface area contributed by atoms with Gasteiger partial charge < -0.3 is 14.7 Å². The molecule has 1 aliphatic heterocycles. The summed E-state index contributed by atoms with van der Waals surface area (Å²) in [5.41, 5.74) is 2.91. The van der Waals surface area contributed by atoms with Gasteiger partial charge in [0.15, 0.2) is 0 Å². The monoisotopic (exact) mass is 396 g/mol. The molecule has 0 aromatic heterocycles. The van der Waals surface area contributed by atoms with Gasteiger partial charge in [0.2, 0.25) is 0 Å². The van der Waals surface area contributed by atoms with Crippen LogP contribution in [-0.4, -0.2) is 54.2 Å². The van der Waals surface area contributed by atoms with E-state index < -0.39 is 6.10 Å². The number of terminal acetylenes is 1. The Labute approximate surface area is 170 Å². The summed E-state index contributed by atoms with van der Waals surface area (Å²) < 4.78 is 18.5. The van der Waals surface area contributed by atoms with E-state index in [-0.39, 0.29) is 25.1 Å². The van der Waals surface area contributed by atoms with E-state index >= 15 is 0 Å². The first-order valence-corrected chi connectivity index (χ1v) is 9.58. The van der Waals surface area contributed by atoms with E-state index in [4.69, 9.17) is 16.0 Å². The van der Waals surface area contributed by atoms with Crippen molar-refractivity contribution in [2.75, 3.05) is 26.3 Å². The molecule has 5 nitrogen and oxygen atoms in total. The van der Waals surface area contributed by atoms with Crippen molar-refractivity contribution in [3.8, 4) is 12.3 Å². The Balaban J connectivity index is 1.60. The summed E-state index contributed by atoms with van der Waals surface area (Å²) in [4.78, 5) is 7.70. The molecule has 6 heteroatoms. The molecule has 2 unspecified atom stereocenters. The molecule has 0 saturated heterocycles. The molecule has 1 N–H and O–H groups in total. The van der Waals surface area contributed by atoms with E-state index in [2.05, 4.69) is 16.0 Å². The minimum absolute atomic E-state index is 0.121. The predicted molar refractivity (Wildman–Crippen MR) is 110 cm³/mol. The zero-order chi connectivity index (χ0) is 20.5. The lowest BCUT2D eigenvalue weighted by Crippen LogP contribution is -2.39. The van der Waals surface area contributed by atoms with Crippen LogP contribution in [0.5, 0.6) is 0 Å². The fourth-order valence-electron chi connectivity index (χ4n) is 3.27. The smallest absolute Gasteiger partial charge is 0.145 e. The number of nitrogens with zero attached hydrogens (tertiary/aromatic N) is 2. The van der Waals surface area contributed by atoms with Gasteiger partial charge in [0.1, 0.15) is 18.5 Å². The highest BCUT2D eigenvalue weighted by molar-refractivity contribution is 6.01. The summed E-state index contributed by atoms with van der Waals surface area (Å²) in [5.74, 6) is 2.11. The average molecular weight is 396 g/mol. The third-order valence-corrected chi connectivity index (χ3v) is 4.59. The summed E-state index contributed by atoms with van der Waals surface area (Å²) >= 11 is 0. The number of hydrogen-bond acceptors (Lipinski definition) is 5. The van der Waals surface area contributed by atoms with Crippen LogP contribution >= 0.6 is 0 Å². The van der Waals surface area contributed by atoms with E-state index in [1.165, 1.54) is 12.1 Å². The van der Waals surface area contributed by atoms with E-state index in [9.17, 15) is 9.50 Å². The number of hydrogen-bond donors (Lipinski definition) is 1. The second-order valence-electron chi connectivity index (χ2n) is 7.03. The maximum Gasteiger partial charge on any atom is 0.145 e. The van der Waals surface area contributed by atoms with Crippen molar-refractivity contribution in [3.05, 3.63) is 71.5 Å². The summed E-state index contributed by atoms with van der Waals surface area (Å²) in [5, 5.41) is 14.5. The van der Waals surface area contributed by atoms with Crippen LogP contribution in [0.4, 0.5) is 4.39 Å². The van der Waals surface area contributed by atoms with Gasteiger partial charge in [-0.3, -0.25) is 4.90 Å². The molecule has 1 aliphatic rings. The molecule has 0 aliphatic carbocycles. The number of halogens is 1. The fourth-order valence-corrected chi connectivity index (χ4v) is 3.27. The highest BCUT2D eigenvalue weighted by Gasteiger charge is 2.25. The Kier molecular flexibility index (Phi) is 7.77. The molecule has 29 heavy (non-hydrogen) atoms. The summed E-state index contributed by atoms with van der Waals surface area (Å²) in [6.45, 7) is 1.81. The summed E-state index contributed by atoms with van der Waals surface area (Å²) in [6, 6.07) is 16.3. The third kappa shape index (κ3) is 6.68. The van der Waals surface area contributed by atoms with Crippen molar-refractivity contribution in [1.29, 1.82) is 0 Å². The molecule has 3 rings (SSSR count). The Morgan fingerprint density at radius 3 is 2.72 bits per heavy atom. The van der Waals surface area contributed by atoms with E-state index in [0.717, 1.165) is 16.8 Å². The molecule has 0 amide bonds. The first kappa shape index (κ1) is 21.0. The van der Waals surface area contributed by atoms with Crippen molar-refractivity contribution in [2.45, 2.75) is 25.2 Å². The number of aliphatic hydroxyl groups excluding tert-OH is 1. The lowest BCUT2D eigenvalue weighted by molar-refractivity contribution is 0.00418. The van der Waals surface area contributed by atoms with Crippen molar-refractivity contribution in [2.24, 2.45) is 5.16 Å². The Morgan fingerprint density at radius 2 is 2.00 bits per heavy atom. The van der Waals surface area contributed by atoms with Gasteiger partial charge >= 0.3 is 0 Å². The molecule has 0 radical (unpaired) electrons. The first-order valence-electron chi connectivity index (χ1n) is 9.58. The van der Waals surface area contributed by atoms with Crippen LogP contribution in [0.3, 0.4) is 0 Å². The second kappa shape index (κ2) is 10.7. The van der Waals surface area contributed by atoms with Crippen LogP contribution in [0.15, 0.2) is 59.8 Å². The van der Waals surface area contributed by atoms with Gasteiger partial charge in [-0.05, 0) is 23.3 Å². The summed E-state index contributed by atoms with van der Waals surface area (Å²) in [6.07, 6.45) is 5.05. The lowest BCUT2D eigenvalue weighted by atomic mass is 10.0. The molecule has 0 saturated carbocycles. The van der Waals surface area contributed by atoms with Gasteiger partial charge in [0.05, 0.1) is 18.4 Å². The minimum atomic E-state index is -0.695. The fraction of sp³-hybridized carbons (Fsp3) is 0.348. The van der Waals surface area contributed by atoms with Crippen molar-refractivity contribution < 1.29 is 19.1 Å². The zero-order valence-corrected chi connectivity index (χ0v) is 16.2. The second-order valence-corrected chi connectivity index (χ2v) is 7.03. The van der Waals surface area contributed by atoms with E-state index in [1.54, 1.807) is 12.1 Å². The molecule has 0 fully saturated rings. The number of rotatable bonds is 10. The predicted octanol–water partition coefficient (Wildman–Crippen LogP) is 2.83. The van der Waals surface area contributed by atoms with Gasteiger partial charge in [-0.1, -0.05) is 53.5 Å².